The number of nitrogens with zero attached hydrogens (tertiary/aromatic N) is 2. The lowest BCUT2D eigenvalue weighted by molar-refractivity contribution is -0.127. The smallest absolute Gasteiger partial charge is 0.293 e. The minimum atomic E-state index is -0.0353. The number of fused-ring (bicyclic) bond motifs is 1. The molecule has 1 aromatic rings. The predicted molar refractivity (Wildman–Crippen MR) is 95.2 cm³/mol. The highest BCUT2D eigenvalue weighted by molar-refractivity contribution is 6.05. The molecule has 1 aromatic carbocycles. The molecular weight excluding hydrogens is 316 g/mol. The third kappa shape index (κ3) is 3.15. The lowest BCUT2D eigenvalue weighted by Crippen LogP contribution is -2.33. The van der Waals surface area contributed by atoms with Crippen LogP contribution in [0.3, 0.4) is 0 Å². The van der Waals surface area contributed by atoms with Gasteiger partial charge in [-0.05, 0) is 43.4 Å². The zero-order valence-electron chi connectivity index (χ0n) is 14.4. The number of carbonyl (C=O) groups excluding carboxylic acids is 2. The van der Waals surface area contributed by atoms with Crippen molar-refractivity contribution in [3.63, 3.8) is 0 Å². The normalized spacial score (nSPS) is 22.6. The number of anilines is 1. The van der Waals surface area contributed by atoms with Crippen LogP contribution in [0.2, 0.25) is 0 Å². The van der Waals surface area contributed by atoms with Gasteiger partial charge >= 0.3 is 0 Å². The summed E-state index contributed by atoms with van der Waals surface area (Å²) < 4.78 is 5.57. The van der Waals surface area contributed by atoms with Gasteiger partial charge in [-0.25, -0.2) is 0 Å². The van der Waals surface area contributed by atoms with Gasteiger partial charge in [-0.15, -0.1) is 0 Å². The fraction of sp³-hybridized carbons (Fsp3) is 0.500. The first-order valence-corrected chi connectivity index (χ1v) is 9.25. The molecular formula is C20H24N2O3. The SMILES string of the molecule is O=C1CCCN1CC[C@H]1CN(C(=O)C2=CCCCO2)c2ccccc21. The summed E-state index contributed by atoms with van der Waals surface area (Å²) in [5.74, 6) is 0.987. The van der Waals surface area contributed by atoms with Crippen molar-refractivity contribution in [3.8, 4) is 0 Å². The largest absolute Gasteiger partial charge is 0.488 e. The van der Waals surface area contributed by atoms with Crippen molar-refractivity contribution in [3.05, 3.63) is 41.7 Å². The van der Waals surface area contributed by atoms with Crippen LogP contribution in [0.25, 0.3) is 0 Å². The van der Waals surface area contributed by atoms with Gasteiger partial charge in [0.05, 0.1) is 6.61 Å². The highest BCUT2D eigenvalue weighted by atomic mass is 16.5. The third-order valence-corrected chi connectivity index (χ3v) is 5.38. The fourth-order valence-electron chi connectivity index (χ4n) is 4.03. The van der Waals surface area contributed by atoms with Crippen molar-refractivity contribution in [1.29, 1.82) is 0 Å². The zero-order chi connectivity index (χ0) is 17.2. The van der Waals surface area contributed by atoms with Crippen LogP contribution in [0.15, 0.2) is 36.1 Å². The number of hydrogen-bond donors (Lipinski definition) is 0. The molecule has 0 aromatic heterocycles. The van der Waals surface area contributed by atoms with Crippen molar-refractivity contribution in [1.82, 2.24) is 4.90 Å². The number of hydrogen-bond acceptors (Lipinski definition) is 3. The van der Waals surface area contributed by atoms with E-state index in [4.69, 9.17) is 4.74 Å². The summed E-state index contributed by atoms with van der Waals surface area (Å²) in [5, 5.41) is 0. The Hall–Kier alpha value is -2.30. The molecule has 0 saturated carbocycles. The van der Waals surface area contributed by atoms with Crippen LogP contribution in [0.4, 0.5) is 5.69 Å². The van der Waals surface area contributed by atoms with Gasteiger partial charge < -0.3 is 14.5 Å². The second-order valence-corrected chi connectivity index (χ2v) is 7.00. The number of para-hydroxylation sites is 1. The first kappa shape index (κ1) is 16.2. The number of ether oxygens (including phenoxy) is 1. The number of allylic oxidation sites excluding steroid dienone is 1. The van der Waals surface area contributed by atoms with Gasteiger partial charge in [-0.3, -0.25) is 9.59 Å². The van der Waals surface area contributed by atoms with Crippen molar-refractivity contribution in [2.75, 3.05) is 31.1 Å². The molecule has 0 bridgehead atoms. The summed E-state index contributed by atoms with van der Waals surface area (Å²) in [6.45, 7) is 2.93. The van der Waals surface area contributed by atoms with E-state index in [1.807, 2.05) is 34.1 Å². The van der Waals surface area contributed by atoms with Crippen LogP contribution in [-0.4, -0.2) is 43.0 Å². The number of carbonyl (C=O) groups is 2. The van der Waals surface area contributed by atoms with Gasteiger partial charge in [-0.2, -0.15) is 0 Å². The molecule has 1 fully saturated rings. The van der Waals surface area contributed by atoms with Crippen LogP contribution in [0.1, 0.15) is 43.6 Å². The quantitative estimate of drug-likeness (QED) is 0.847. The van der Waals surface area contributed by atoms with Gasteiger partial charge in [0.1, 0.15) is 0 Å². The Morgan fingerprint density at radius 2 is 2.12 bits per heavy atom. The molecule has 2 amide bonds. The number of amides is 2. The molecule has 0 aliphatic carbocycles. The van der Waals surface area contributed by atoms with E-state index in [-0.39, 0.29) is 17.7 Å². The zero-order valence-corrected chi connectivity index (χ0v) is 14.4. The average molecular weight is 340 g/mol. The van der Waals surface area contributed by atoms with Gasteiger partial charge in [0.15, 0.2) is 5.76 Å². The maximum Gasteiger partial charge on any atom is 0.293 e. The summed E-state index contributed by atoms with van der Waals surface area (Å²) in [6, 6.07) is 8.12. The van der Waals surface area contributed by atoms with E-state index in [1.165, 1.54) is 5.56 Å². The van der Waals surface area contributed by atoms with Crippen molar-refractivity contribution >= 4 is 17.5 Å². The molecule has 3 aliphatic rings. The van der Waals surface area contributed by atoms with E-state index in [2.05, 4.69) is 6.07 Å². The Labute approximate surface area is 148 Å². The van der Waals surface area contributed by atoms with Gasteiger partial charge in [0.25, 0.3) is 5.91 Å². The van der Waals surface area contributed by atoms with Gasteiger partial charge in [0.2, 0.25) is 5.91 Å². The number of benzene rings is 1. The molecule has 0 unspecified atom stereocenters. The highest BCUT2D eigenvalue weighted by Gasteiger charge is 2.34. The summed E-state index contributed by atoms with van der Waals surface area (Å²) in [5.41, 5.74) is 2.19. The molecule has 4 rings (SSSR count). The van der Waals surface area contributed by atoms with Gasteiger partial charge in [0, 0.05) is 37.7 Å². The minimum Gasteiger partial charge on any atom is -0.488 e. The number of rotatable bonds is 4. The molecule has 1 atom stereocenters. The van der Waals surface area contributed by atoms with E-state index in [1.54, 1.807) is 0 Å². The third-order valence-electron chi connectivity index (χ3n) is 5.38. The molecule has 5 nitrogen and oxygen atoms in total. The molecule has 25 heavy (non-hydrogen) atoms. The maximum absolute atomic E-state index is 12.9. The molecule has 132 valence electrons. The van der Waals surface area contributed by atoms with Crippen molar-refractivity contribution < 1.29 is 14.3 Å². The average Bonchev–Trinajstić information content (AvgIpc) is 3.23. The lowest BCUT2D eigenvalue weighted by Gasteiger charge is -2.22. The van der Waals surface area contributed by atoms with Crippen LogP contribution < -0.4 is 4.90 Å². The van der Waals surface area contributed by atoms with E-state index in [0.717, 1.165) is 44.5 Å². The van der Waals surface area contributed by atoms with Crippen LogP contribution in [-0.2, 0) is 14.3 Å². The summed E-state index contributed by atoms with van der Waals surface area (Å²) in [7, 11) is 0. The second kappa shape index (κ2) is 6.90. The standard InChI is InChI=1S/C20H24N2O3/c23-19-9-5-11-21(19)12-10-15-14-22(17-7-2-1-6-16(15)17)20(24)18-8-3-4-13-25-18/h1-2,6-8,15H,3-5,9-14H2/t15-/m0/s1. The Bertz CT molecular complexity index is 713. The maximum atomic E-state index is 12.9. The summed E-state index contributed by atoms with van der Waals surface area (Å²) >= 11 is 0. The van der Waals surface area contributed by atoms with E-state index >= 15 is 0 Å². The van der Waals surface area contributed by atoms with Gasteiger partial charge in [-0.1, -0.05) is 18.2 Å². The van der Waals surface area contributed by atoms with E-state index in [0.29, 0.717) is 25.3 Å². The van der Waals surface area contributed by atoms with Crippen LogP contribution >= 0.6 is 0 Å². The van der Waals surface area contributed by atoms with E-state index < -0.39 is 0 Å². The Morgan fingerprint density at radius 1 is 1.24 bits per heavy atom. The lowest BCUT2D eigenvalue weighted by atomic mass is 9.98. The highest BCUT2D eigenvalue weighted by Crippen LogP contribution is 2.39. The molecule has 0 radical (unpaired) electrons. The first-order valence-electron chi connectivity index (χ1n) is 9.25. The monoisotopic (exact) mass is 340 g/mol. The predicted octanol–water partition coefficient (Wildman–Crippen LogP) is 2.82. The molecule has 0 N–H and O–H groups in total. The second-order valence-electron chi connectivity index (χ2n) is 7.00. The van der Waals surface area contributed by atoms with E-state index in [9.17, 15) is 9.59 Å². The Kier molecular flexibility index (Phi) is 4.47. The molecule has 3 heterocycles. The fourth-order valence-corrected chi connectivity index (χ4v) is 4.03. The molecule has 1 saturated heterocycles. The minimum absolute atomic E-state index is 0.0353. The van der Waals surface area contributed by atoms with Crippen molar-refractivity contribution in [2.24, 2.45) is 0 Å². The topological polar surface area (TPSA) is 49.9 Å². The summed E-state index contributed by atoms with van der Waals surface area (Å²) in [6.07, 6.45) is 6.32. The van der Waals surface area contributed by atoms with Crippen LogP contribution in [0.5, 0.6) is 0 Å². The Balaban J connectivity index is 1.50. The molecule has 0 spiro atoms. The molecule has 3 aliphatic heterocycles. The van der Waals surface area contributed by atoms with Crippen LogP contribution in [0, 0.1) is 0 Å². The Morgan fingerprint density at radius 3 is 2.88 bits per heavy atom. The summed E-state index contributed by atoms with van der Waals surface area (Å²) in [4.78, 5) is 28.5. The molecule has 5 heteroatoms. The first-order chi connectivity index (χ1) is 12.2. The van der Waals surface area contributed by atoms with Crippen molar-refractivity contribution in [2.45, 2.75) is 38.0 Å². The number of likely N-dealkylation sites (tertiary alicyclic amines) is 1.